The van der Waals surface area contributed by atoms with Crippen LogP contribution in [0.4, 0.5) is 0 Å². The molecule has 0 radical (unpaired) electrons. The lowest BCUT2D eigenvalue weighted by atomic mass is 10.2. The Balaban J connectivity index is 0.00000400. The van der Waals surface area contributed by atoms with Crippen molar-refractivity contribution in [2.24, 2.45) is 4.99 Å². The molecule has 4 nitrogen and oxygen atoms in total. The van der Waals surface area contributed by atoms with E-state index < -0.39 is 0 Å². The predicted octanol–water partition coefficient (Wildman–Crippen LogP) is 2.96. The van der Waals surface area contributed by atoms with Crippen LogP contribution in [0, 0.1) is 0 Å². The van der Waals surface area contributed by atoms with E-state index in [4.69, 9.17) is 11.6 Å². The van der Waals surface area contributed by atoms with Crippen LogP contribution in [-0.2, 0) is 6.54 Å². The minimum Gasteiger partial charge on any atom is -0.357 e. The summed E-state index contributed by atoms with van der Waals surface area (Å²) in [7, 11) is 2.11. The standard InChI is InChI=1S/C15H25ClN4.HI/c1-4-17-15(18-10-11-20(3)5-2)19-12-13-8-6-7-9-14(13)16;/h6-9H,4-5,10-12H2,1-3H3,(H2,17,18,19);1H. The van der Waals surface area contributed by atoms with Gasteiger partial charge < -0.3 is 15.5 Å². The van der Waals surface area contributed by atoms with Crippen molar-refractivity contribution in [2.75, 3.05) is 33.2 Å². The minimum absolute atomic E-state index is 0. The Hall–Kier alpha value is -0.530. The Morgan fingerprint density at radius 3 is 2.57 bits per heavy atom. The smallest absolute Gasteiger partial charge is 0.191 e. The molecule has 0 fully saturated rings. The van der Waals surface area contributed by atoms with E-state index in [9.17, 15) is 0 Å². The molecule has 0 amide bonds. The van der Waals surface area contributed by atoms with Crippen molar-refractivity contribution in [2.45, 2.75) is 20.4 Å². The molecule has 0 unspecified atom stereocenters. The zero-order valence-electron chi connectivity index (χ0n) is 13.0. The summed E-state index contributed by atoms with van der Waals surface area (Å²) in [4.78, 5) is 6.81. The minimum atomic E-state index is 0. The summed E-state index contributed by atoms with van der Waals surface area (Å²) in [5.74, 6) is 0.830. The van der Waals surface area contributed by atoms with Crippen molar-refractivity contribution in [3.05, 3.63) is 34.9 Å². The van der Waals surface area contributed by atoms with Crippen LogP contribution in [0.5, 0.6) is 0 Å². The second-order valence-corrected chi connectivity index (χ2v) is 5.02. The Labute approximate surface area is 150 Å². The van der Waals surface area contributed by atoms with Gasteiger partial charge in [-0.25, -0.2) is 4.99 Å². The van der Waals surface area contributed by atoms with E-state index in [1.165, 1.54) is 0 Å². The average Bonchev–Trinajstić information content (AvgIpc) is 2.46. The van der Waals surface area contributed by atoms with E-state index >= 15 is 0 Å². The maximum absolute atomic E-state index is 6.13. The highest BCUT2D eigenvalue weighted by Crippen LogP contribution is 2.15. The number of aliphatic imine (C=N–C) groups is 1. The van der Waals surface area contributed by atoms with Gasteiger partial charge in [-0.3, -0.25) is 0 Å². The number of hydrogen-bond acceptors (Lipinski definition) is 2. The van der Waals surface area contributed by atoms with Crippen LogP contribution in [0.1, 0.15) is 19.4 Å². The van der Waals surface area contributed by atoms with Gasteiger partial charge in [-0.15, -0.1) is 24.0 Å². The molecule has 0 bridgehead atoms. The molecule has 0 heterocycles. The van der Waals surface area contributed by atoms with Crippen molar-refractivity contribution >= 4 is 41.5 Å². The molecule has 1 rings (SSSR count). The Morgan fingerprint density at radius 1 is 1.24 bits per heavy atom. The van der Waals surface area contributed by atoms with E-state index in [-0.39, 0.29) is 24.0 Å². The number of halogens is 2. The molecule has 21 heavy (non-hydrogen) atoms. The van der Waals surface area contributed by atoms with Gasteiger partial charge in [0.05, 0.1) is 6.54 Å². The molecule has 0 aliphatic rings. The van der Waals surface area contributed by atoms with Gasteiger partial charge in [-0.2, -0.15) is 0 Å². The molecule has 6 heteroatoms. The van der Waals surface area contributed by atoms with E-state index in [0.29, 0.717) is 6.54 Å². The Kier molecular flexibility index (Phi) is 11.8. The fourth-order valence-corrected chi connectivity index (χ4v) is 1.85. The fraction of sp³-hybridized carbons (Fsp3) is 0.533. The van der Waals surface area contributed by atoms with Crippen molar-refractivity contribution in [3.8, 4) is 0 Å². The summed E-state index contributed by atoms with van der Waals surface area (Å²) < 4.78 is 0. The summed E-state index contributed by atoms with van der Waals surface area (Å²) in [5.41, 5.74) is 1.04. The number of hydrogen-bond donors (Lipinski definition) is 2. The number of benzene rings is 1. The molecule has 0 saturated carbocycles. The first-order valence-corrected chi connectivity index (χ1v) is 7.49. The Morgan fingerprint density at radius 2 is 1.95 bits per heavy atom. The first-order chi connectivity index (χ1) is 9.67. The van der Waals surface area contributed by atoms with Gasteiger partial charge in [0.1, 0.15) is 0 Å². The van der Waals surface area contributed by atoms with Gasteiger partial charge in [0, 0.05) is 24.7 Å². The highest BCUT2D eigenvalue weighted by atomic mass is 127. The third kappa shape index (κ3) is 8.48. The second kappa shape index (κ2) is 12.1. The monoisotopic (exact) mass is 424 g/mol. The molecule has 0 saturated heterocycles. The quantitative estimate of drug-likeness (QED) is 0.402. The normalized spacial score (nSPS) is 11.2. The average molecular weight is 425 g/mol. The van der Waals surface area contributed by atoms with Crippen LogP contribution in [0.2, 0.25) is 5.02 Å². The third-order valence-electron chi connectivity index (χ3n) is 3.04. The Bertz CT molecular complexity index is 426. The molecule has 1 aromatic rings. The van der Waals surface area contributed by atoms with E-state index in [0.717, 1.165) is 42.7 Å². The SMILES string of the molecule is CCNC(=NCc1ccccc1Cl)NCCN(C)CC.I. The predicted molar refractivity (Wildman–Crippen MR) is 103 cm³/mol. The van der Waals surface area contributed by atoms with Crippen LogP contribution in [0.15, 0.2) is 29.3 Å². The van der Waals surface area contributed by atoms with E-state index in [1.807, 2.05) is 24.3 Å². The van der Waals surface area contributed by atoms with Crippen molar-refractivity contribution in [1.29, 1.82) is 0 Å². The summed E-state index contributed by atoms with van der Waals surface area (Å²) in [6.45, 7) is 8.55. The molecule has 0 spiro atoms. The molecule has 0 aliphatic carbocycles. The van der Waals surface area contributed by atoms with Crippen molar-refractivity contribution < 1.29 is 0 Å². The van der Waals surface area contributed by atoms with Gasteiger partial charge >= 0.3 is 0 Å². The number of likely N-dealkylation sites (N-methyl/N-ethyl adjacent to an activating group) is 1. The second-order valence-electron chi connectivity index (χ2n) is 4.61. The number of nitrogens with one attached hydrogen (secondary N) is 2. The zero-order chi connectivity index (χ0) is 14.8. The number of guanidine groups is 1. The van der Waals surface area contributed by atoms with Crippen molar-refractivity contribution in [3.63, 3.8) is 0 Å². The topological polar surface area (TPSA) is 39.7 Å². The molecule has 0 aromatic heterocycles. The van der Waals surface area contributed by atoms with Crippen molar-refractivity contribution in [1.82, 2.24) is 15.5 Å². The maximum Gasteiger partial charge on any atom is 0.191 e. The van der Waals surface area contributed by atoms with Crippen LogP contribution in [-0.4, -0.2) is 44.1 Å². The van der Waals surface area contributed by atoms with E-state index in [2.05, 4.69) is 41.4 Å². The highest BCUT2D eigenvalue weighted by molar-refractivity contribution is 14.0. The molecule has 0 atom stereocenters. The number of nitrogens with zero attached hydrogens (tertiary/aromatic N) is 2. The first-order valence-electron chi connectivity index (χ1n) is 7.11. The molecule has 1 aromatic carbocycles. The maximum atomic E-state index is 6.13. The summed E-state index contributed by atoms with van der Waals surface area (Å²) >= 11 is 6.13. The zero-order valence-corrected chi connectivity index (χ0v) is 16.1. The number of rotatable bonds is 7. The van der Waals surface area contributed by atoms with Crippen LogP contribution < -0.4 is 10.6 Å². The lowest BCUT2D eigenvalue weighted by Gasteiger charge is -2.16. The molecule has 120 valence electrons. The molecule has 2 N–H and O–H groups in total. The lowest BCUT2D eigenvalue weighted by Crippen LogP contribution is -2.40. The molecular formula is C15H26ClIN4. The fourth-order valence-electron chi connectivity index (χ4n) is 1.66. The van der Waals surface area contributed by atoms with Gasteiger partial charge in [-0.05, 0) is 32.1 Å². The van der Waals surface area contributed by atoms with E-state index in [1.54, 1.807) is 0 Å². The molecule has 0 aliphatic heterocycles. The lowest BCUT2D eigenvalue weighted by molar-refractivity contribution is 0.357. The summed E-state index contributed by atoms with van der Waals surface area (Å²) in [6.07, 6.45) is 0. The van der Waals surface area contributed by atoms with Gasteiger partial charge in [-0.1, -0.05) is 36.7 Å². The summed E-state index contributed by atoms with van der Waals surface area (Å²) in [6, 6.07) is 7.80. The largest absolute Gasteiger partial charge is 0.357 e. The van der Waals surface area contributed by atoms with Gasteiger partial charge in [0.2, 0.25) is 0 Å². The highest BCUT2D eigenvalue weighted by Gasteiger charge is 2.01. The van der Waals surface area contributed by atoms with Crippen LogP contribution >= 0.6 is 35.6 Å². The van der Waals surface area contributed by atoms with Gasteiger partial charge in [0.15, 0.2) is 5.96 Å². The molecular weight excluding hydrogens is 399 g/mol. The summed E-state index contributed by atoms with van der Waals surface area (Å²) in [5, 5.41) is 7.33. The van der Waals surface area contributed by atoms with Gasteiger partial charge in [0.25, 0.3) is 0 Å². The third-order valence-corrected chi connectivity index (χ3v) is 3.40. The first kappa shape index (κ1) is 20.5. The van der Waals surface area contributed by atoms with Crippen LogP contribution in [0.3, 0.4) is 0 Å². The van der Waals surface area contributed by atoms with Crippen LogP contribution in [0.25, 0.3) is 0 Å².